The second kappa shape index (κ2) is 11.6. The van der Waals surface area contributed by atoms with Gasteiger partial charge in [0.25, 0.3) is 11.4 Å². The van der Waals surface area contributed by atoms with E-state index in [4.69, 9.17) is 14.2 Å². The molecule has 0 bridgehead atoms. The van der Waals surface area contributed by atoms with E-state index in [1.54, 1.807) is 30.3 Å². The number of nitrogens with zero attached hydrogens (tertiary/aromatic N) is 2. The number of hydrogen-bond donors (Lipinski definition) is 2. The molecule has 2 heterocycles. The average molecular weight is 612 g/mol. The van der Waals surface area contributed by atoms with Gasteiger partial charge in [0.05, 0.1) is 21.5 Å². The Kier molecular flexibility index (Phi) is 7.50. The van der Waals surface area contributed by atoms with Crippen molar-refractivity contribution in [1.29, 1.82) is 0 Å². The van der Waals surface area contributed by atoms with Crippen LogP contribution in [0, 0.1) is 20.2 Å². The summed E-state index contributed by atoms with van der Waals surface area (Å²) in [6, 6.07) is 19.9. The summed E-state index contributed by atoms with van der Waals surface area (Å²) < 4.78 is 17.7. The van der Waals surface area contributed by atoms with Crippen LogP contribution in [0.1, 0.15) is 52.7 Å². The number of hydrogen-bond acceptors (Lipinski definition) is 11. The van der Waals surface area contributed by atoms with Crippen molar-refractivity contribution in [2.45, 2.75) is 31.3 Å². The molecule has 2 aliphatic rings. The van der Waals surface area contributed by atoms with Gasteiger partial charge in [-0.25, -0.2) is 4.79 Å². The number of fused-ring (bicyclic) bond motifs is 6. The first-order chi connectivity index (χ1) is 21.7. The molecule has 6 rings (SSSR count). The van der Waals surface area contributed by atoms with Crippen LogP contribution in [0.5, 0.6) is 23.0 Å². The minimum Gasteiger partial charge on any atom is -0.508 e. The van der Waals surface area contributed by atoms with Crippen LogP contribution in [0.25, 0.3) is 0 Å². The molecule has 1 atom stereocenters. The van der Waals surface area contributed by atoms with Gasteiger partial charge in [0, 0.05) is 47.9 Å². The van der Waals surface area contributed by atoms with Gasteiger partial charge in [-0.2, -0.15) is 0 Å². The maximum absolute atomic E-state index is 12.9. The van der Waals surface area contributed by atoms with Gasteiger partial charge in [0.15, 0.2) is 5.60 Å². The monoisotopic (exact) mass is 611 g/mol. The molecule has 0 saturated carbocycles. The first-order valence-corrected chi connectivity index (χ1v) is 14.0. The van der Waals surface area contributed by atoms with Gasteiger partial charge in [-0.15, -0.1) is 0 Å². The van der Waals surface area contributed by atoms with E-state index in [9.17, 15) is 34.9 Å². The smallest absolute Gasteiger partial charge is 0.340 e. The van der Waals surface area contributed by atoms with Crippen LogP contribution in [0.3, 0.4) is 0 Å². The summed E-state index contributed by atoms with van der Waals surface area (Å²) in [4.78, 5) is 46.4. The summed E-state index contributed by atoms with van der Waals surface area (Å²) >= 11 is 0. The molecule has 0 aromatic heterocycles. The third-order valence-corrected chi connectivity index (χ3v) is 7.66. The van der Waals surface area contributed by atoms with Crippen LogP contribution in [0.2, 0.25) is 0 Å². The van der Waals surface area contributed by atoms with E-state index in [0.29, 0.717) is 59.6 Å². The van der Waals surface area contributed by atoms with E-state index in [1.807, 2.05) is 12.1 Å². The number of phenolic OH excluding ortho intramolecular Hbond substituents is 1. The molecule has 0 radical (unpaired) electrons. The van der Waals surface area contributed by atoms with E-state index in [1.165, 1.54) is 30.3 Å². The first-order valence-electron chi connectivity index (χ1n) is 14.0. The molecule has 13 nitrogen and oxygen atoms in total. The van der Waals surface area contributed by atoms with Gasteiger partial charge < -0.3 is 24.6 Å². The lowest BCUT2D eigenvalue weighted by molar-refractivity contribution is -0.393. The number of benzene rings is 4. The Hall–Kier alpha value is -5.98. The van der Waals surface area contributed by atoms with Gasteiger partial charge in [0.1, 0.15) is 28.7 Å². The number of nitrogens with one attached hydrogen (secondary N) is 1. The van der Waals surface area contributed by atoms with Crippen molar-refractivity contribution in [3.63, 3.8) is 0 Å². The summed E-state index contributed by atoms with van der Waals surface area (Å²) in [5.41, 5.74) is 0.254. The minimum absolute atomic E-state index is 0.0336. The Bertz CT molecular complexity index is 1870. The number of esters is 2. The number of non-ortho nitro benzene ring substituents is 1. The number of phenols is 1. The number of carbonyl (C=O) groups is 2. The van der Waals surface area contributed by atoms with Crippen molar-refractivity contribution >= 4 is 29.0 Å². The fourth-order valence-corrected chi connectivity index (χ4v) is 5.62. The fraction of sp³-hybridized carbons (Fsp3) is 0.188. The molecule has 4 aromatic carbocycles. The van der Waals surface area contributed by atoms with E-state index in [0.717, 1.165) is 6.07 Å². The van der Waals surface area contributed by atoms with Crippen molar-refractivity contribution in [3.05, 3.63) is 121 Å². The summed E-state index contributed by atoms with van der Waals surface area (Å²) in [6.07, 6.45) is 1.81. The van der Waals surface area contributed by atoms with E-state index in [2.05, 4.69) is 5.32 Å². The molecule has 2 N–H and O–H groups in total. The predicted molar refractivity (Wildman–Crippen MR) is 159 cm³/mol. The molecule has 13 heteroatoms. The second-order valence-corrected chi connectivity index (χ2v) is 10.5. The highest BCUT2D eigenvalue weighted by Crippen LogP contribution is 2.57. The molecule has 0 amide bonds. The van der Waals surface area contributed by atoms with E-state index < -0.39 is 27.4 Å². The Morgan fingerprint density at radius 2 is 1.62 bits per heavy atom. The van der Waals surface area contributed by atoms with Gasteiger partial charge >= 0.3 is 11.9 Å². The highest BCUT2D eigenvalue weighted by molar-refractivity contribution is 5.97. The number of carbonyl (C=O) groups excluding carboxylic acids is 2. The number of anilines is 1. The Balaban J connectivity index is 1.09. The van der Waals surface area contributed by atoms with Crippen LogP contribution in [0.4, 0.5) is 17.1 Å². The summed E-state index contributed by atoms with van der Waals surface area (Å²) in [5, 5.41) is 35.2. The van der Waals surface area contributed by atoms with Crippen LogP contribution in [-0.2, 0) is 15.1 Å². The average Bonchev–Trinajstić information content (AvgIpc) is 3.31. The van der Waals surface area contributed by atoms with Crippen LogP contribution >= 0.6 is 0 Å². The largest absolute Gasteiger partial charge is 0.508 e. The molecule has 45 heavy (non-hydrogen) atoms. The Morgan fingerprint density at radius 3 is 2.40 bits per heavy atom. The topological polar surface area (TPSA) is 180 Å². The third kappa shape index (κ3) is 5.35. The second-order valence-electron chi connectivity index (χ2n) is 10.5. The third-order valence-electron chi connectivity index (χ3n) is 7.66. The number of ether oxygens (including phenoxy) is 3. The van der Waals surface area contributed by atoms with Crippen molar-refractivity contribution in [1.82, 2.24) is 0 Å². The Morgan fingerprint density at radius 1 is 0.867 bits per heavy atom. The predicted octanol–water partition coefficient (Wildman–Crippen LogP) is 6.35. The normalized spacial score (nSPS) is 15.7. The molecule has 1 spiro atoms. The van der Waals surface area contributed by atoms with Crippen LogP contribution in [-0.4, -0.2) is 33.4 Å². The number of aromatic hydroxyl groups is 1. The zero-order valence-corrected chi connectivity index (χ0v) is 23.6. The molecule has 4 aromatic rings. The van der Waals surface area contributed by atoms with E-state index in [-0.39, 0.29) is 35.0 Å². The molecule has 0 fully saturated rings. The molecule has 228 valence electrons. The highest BCUT2D eigenvalue weighted by Gasteiger charge is 2.53. The van der Waals surface area contributed by atoms with Crippen molar-refractivity contribution in [2.75, 3.05) is 11.9 Å². The van der Waals surface area contributed by atoms with Crippen molar-refractivity contribution in [3.8, 4) is 23.0 Å². The zero-order chi connectivity index (χ0) is 31.7. The number of nitro groups is 2. The van der Waals surface area contributed by atoms with Gasteiger partial charge in [-0.1, -0.05) is 24.6 Å². The van der Waals surface area contributed by atoms with Crippen LogP contribution < -0.4 is 14.8 Å². The summed E-state index contributed by atoms with van der Waals surface area (Å²) in [5.74, 6) is -0.183. The van der Waals surface area contributed by atoms with Gasteiger partial charge in [-0.3, -0.25) is 25.0 Å². The summed E-state index contributed by atoms with van der Waals surface area (Å²) in [7, 11) is 0. The standard InChI is InChI=1S/C32H25N3O10/c36-20-10-12-24-28(17-20)44-29-18-21(11-13-25(29)32(24)23-7-4-3-6-22(23)31(38)45-32)43-30(37)8-2-1-5-15-33-26-14-9-19(34(39)40)16-27(26)35(41)42/h3-4,6-7,9-14,16-18,33,36H,1-2,5,8,15H2. The minimum atomic E-state index is -1.31. The number of rotatable bonds is 10. The van der Waals surface area contributed by atoms with Gasteiger partial charge in [-0.05, 0) is 49.2 Å². The lowest BCUT2D eigenvalue weighted by Gasteiger charge is -2.36. The lowest BCUT2D eigenvalue weighted by Crippen LogP contribution is -2.33. The Labute approximate surface area is 255 Å². The first kappa shape index (κ1) is 29.1. The zero-order valence-electron chi connectivity index (χ0n) is 23.6. The van der Waals surface area contributed by atoms with Crippen molar-refractivity contribution in [2.24, 2.45) is 0 Å². The maximum Gasteiger partial charge on any atom is 0.340 e. The summed E-state index contributed by atoms with van der Waals surface area (Å²) in [6.45, 7) is 0.363. The SMILES string of the molecule is O=C(CCCCCNc1ccc([N+](=O)[O-])cc1[N+](=O)[O-])Oc1ccc2c(c1)Oc1cc(O)ccc1C21OC(=O)c2ccccc21. The molecule has 0 saturated heterocycles. The number of nitro benzene ring substituents is 2. The maximum atomic E-state index is 12.9. The number of unbranched alkanes of at least 4 members (excludes halogenated alkanes) is 2. The quantitative estimate of drug-likeness (QED) is 0.0670. The molecule has 0 aliphatic carbocycles. The fourth-order valence-electron chi connectivity index (χ4n) is 5.62. The molecule has 1 unspecified atom stereocenters. The van der Waals surface area contributed by atoms with E-state index >= 15 is 0 Å². The van der Waals surface area contributed by atoms with Crippen molar-refractivity contribution < 1.29 is 38.8 Å². The molecule has 2 aliphatic heterocycles. The molecular weight excluding hydrogens is 586 g/mol. The molecular formula is C32H25N3O10. The van der Waals surface area contributed by atoms with Gasteiger partial charge in [0.2, 0.25) is 0 Å². The lowest BCUT2D eigenvalue weighted by atomic mass is 9.77. The van der Waals surface area contributed by atoms with Crippen LogP contribution in [0.15, 0.2) is 78.9 Å². The highest BCUT2D eigenvalue weighted by atomic mass is 16.6.